The Labute approximate surface area is 111 Å². The van der Waals surface area contributed by atoms with Crippen LogP contribution in [0.4, 0.5) is 10.5 Å². The van der Waals surface area contributed by atoms with Crippen molar-refractivity contribution in [2.24, 2.45) is 0 Å². The molecule has 94 valence electrons. The maximum Gasteiger partial charge on any atom is 0.322 e. The van der Waals surface area contributed by atoms with E-state index in [9.17, 15) is 4.79 Å². The Balaban J connectivity index is 1.89. The Bertz CT molecular complexity index is 667. The Morgan fingerprint density at radius 1 is 1.21 bits per heavy atom. The fourth-order valence-corrected chi connectivity index (χ4v) is 2.95. The van der Waals surface area contributed by atoms with Gasteiger partial charge in [0.2, 0.25) is 0 Å². The summed E-state index contributed by atoms with van der Waals surface area (Å²) < 4.78 is 0. The van der Waals surface area contributed by atoms with Gasteiger partial charge in [0.25, 0.3) is 0 Å². The van der Waals surface area contributed by atoms with Gasteiger partial charge in [-0.3, -0.25) is 9.88 Å². The molecule has 1 N–H and O–H groups in total. The molecule has 1 aromatic carbocycles. The lowest BCUT2D eigenvalue weighted by molar-refractivity contribution is 0.245. The monoisotopic (exact) mass is 251 g/mol. The molecule has 0 saturated carbocycles. The molecule has 4 heteroatoms. The molecule has 2 amide bonds. The Morgan fingerprint density at radius 2 is 2.11 bits per heavy atom. The number of anilines is 1. The highest BCUT2D eigenvalue weighted by Crippen LogP contribution is 2.37. The average Bonchev–Trinajstić information content (AvgIpc) is 2.89. The van der Waals surface area contributed by atoms with Crippen LogP contribution in [0.25, 0.3) is 11.1 Å². The molecule has 4 nitrogen and oxygen atoms in total. The minimum Gasteiger partial charge on any atom is -0.334 e. The second-order valence-corrected chi connectivity index (χ2v) is 4.95. The Kier molecular flexibility index (Phi) is 2.12. The zero-order valence-electron chi connectivity index (χ0n) is 10.4. The van der Waals surface area contributed by atoms with Crippen LogP contribution in [0.15, 0.2) is 36.7 Å². The summed E-state index contributed by atoms with van der Waals surface area (Å²) in [7, 11) is 0. The predicted molar refractivity (Wildman–Crippen MR) is 73.0 cm³/mol. The molecule has 0 radical (unpaired) electrons. The number of nitrogens with zero attached hydrogens (tertiary/aromatic N) is 2. The maximum absolute atomic E-state index is 11.8. The highest BCUT2D eigenvalue weighted by atomic mass is 16.2. The van der Waals surface area contributed by atoms with E-state index >= 15 is 0 Å². The first-order valence-corrected chi connectivity index (χ1v) is 6.44. The quantitative estimate of drug-likeness (QED) is 0.845. The van der Waals surface area contributed by atoms with Gasteiger partial charge in [0.1, 0.15) is 0 Å². The van der Waals surface area contributed by atoms with Crippen molar-refractivity contribution in [3.8, 4) is 11.1 Å². The molecule has 0 bridgehead atoms. The van der Waals surface area contributed by atoms with E-state index in [0.29, 0.717) is 6.54 Å². The lowest BCUT2D eigenvalue weighted by atomic mass is 9.98. The zero-order valence-corrected chi connectivity index (χ0v) is 10.4. The number of hydrogen-bond donors (Lipinski definition) is 1. The van der Waals surface area contributed by atoms with Gasteiger partial charge in [-0.15, -0.1) is 0 Å². The van der Waals surface area contributed by atoms with E-state index in [0.717, 1.165) is 24.2 Å². The molecule has 0 spiro atoms. The first kappa shape index (κ1) is 10.6. The summed E-state index contributed by atoms with van der Waals surface area (Å²) in [5.74, 6) is 0. The topological polar surface area (TPSA) is 45.2 Å². The lowest BCUT2D eigenvalue weighted by Gasteiger charge is -2.26. The van der Waals surface area contributed by atoms with Crippen molar-refractivity contribution in [2.75, 3.05) is 11.4 Å². The first-order valence-electron chi connectivity index (χ1n) is 6.44. The largest absolute Gasteiger partial charge is 0.334 e. The van der Waals surface area contributed by atoms with Gasteiger partial charge in [0.15, 0.2) is 0 Å². The van der Waals surface area contributed by atoms with E-state index < -0.39 is 0 Å². The summed E-state index contributed by atoms with van der Waals surface area (Å²) in [6.45, 7) is 1.40. The van der Waals surface area contributed by atoms with Gasteiger partial charge in [-0.25, -0.2) is 4.79 Å². The van der Waals surface area contributed by atoms with Crippen molar-refractivity contribution in [3.63, 3.8) is 0 Å². The van der Waals surface area contributed by atoms with Gasteiger partial charge in [0, 0.05) is 31.0 Å². The molecule has 0 unspecified atom stereocenters. The van der Waals surface area contributed by atoms with E-state index in [1.54, 1.807) is 6.20 Å². The normalized spacial score (nSPS) is 16.2. The second kappa shape index (κ2) is 3.82. The van der Waals surface area contributed by atoms with Crippen LogP contribution in [0, 0.1) is 0 Å². The number of aromatic nitrogens is 1. The van der Waals surface area contributed by atoms with Gasteiger partial charge in [-0.05, 0) is 41.3 Å². The van der Waals surface area contributed by atoms with Gasteiger partial charge in [-0.1, -0.05) is 6.07 Å². The third kappa shape index (κ3) is 1.53. The van der Waals surface area contributed by atoms with Crippen molar-refractivity contribution < 1.29 is 4.79 Å². The van der Waals surface area contributed by atoms with Crippen LogP contribution < -0.4 is 10.2 Å². The SMILES string of the molecule is O=C1NCc2cc(-c3cccnc3)cc3c2N1CC3. The molecule has 4 rings (SSSR count). The number of nitrogens with one attached hydrogen (secondary N) is 1. The number of benzene rings is 1. The maximum atomic E-state index is 11.8. The Hall–Kier alpha value is -2.36. The first-order chi connectivity index (χ1) is 9.33. The van der Waals surface area contributed by atoms with E-state index in [4.69, 9.17) is 0 Å². The summed E-state index contributed by atoms with van der Waals surface area (Å²) in [6.07, 6.45) is 4.59. The van der Waals surface area contributed by atoms with Crippen molar-refractivity contribution in [1.29, 1.82) is 0 Å². The second-order valence-electron chi connectivity index (χ2n) is 4.95. The Morgan fingerprint density at radius 3 is 2.95 bits per heavy atom. The van der Waals surface area contributed by atoms with Crippen LogP contribution in [0.1, 0.15) is 11.1 Å². The van der Waals surface area contributed by atoms with Gasteiger partial charge >= 0.3 is 6.03 Å². The number of urea groups is 1. The molecule has 19 heavy (non-hydrogen) atoms. The van der Waals surface area contributed by atoms with Crippen LogP contribution in [-0.4, -0.2) is 17.6 Å². The van der Waals surface area contributed by atoms with Crippen LogP contribution in [0.3, 0.4) is 0 Å². The van der Waals surface area contributed by atoms with E-state index in [-0.39, 0.29) is 6.03 Å². The number of carbonyl (C=O) groups is 1. The van der Waals surface area contributed by atoms with Crippen molar-refractivity contribution >= 4 is 11.7 Å². The third-order valence-corrected chi connectivity index (χ3v) is 3.81. The zero-order chi connectivity index (χ0) is 12.8. The van der Waals surface area contributed by atoms with E-state index in [2.05, 4.69) is 28.5 Å². The number of amides is 2. The molecule has 3 heterocycles. The molecule has 2 aliphatic rings. The minimum absolute atomic E-state index is 0.0281. The standard InChI is InChI=1S/C15H13N3O/c19-15-17-9-13-7-12(11-2-1-4-16-8-11)6-10-3-5-18(15)14(10)13/h1-2,4,6-8H,3,5,9H2,(H,17,19). The van der Waals surface area contributed by atoms with Gasteiger partial charge < -0.3 is 5.32 Å². The number of rotatable bonds is 1. The van der Waals surface area contributed by atoms with Crippen molar-refractivity contribution in [3.05, 3.63) is 47.8 Å². The highest BCUT2D eigenvalue weighted by Gasteiger charge is 2.31. The number of hydrogen-bond acceptors (Lipinski definition) is 2. The highest BCUT2D eigenvalue weighted by molar-refractivity contribution is 5.97. The average molecular weight is 251 g/mol. The fourth-order valence-electron chi connectivity index (χ4n) is 2.95. The molecule has 2 aromatic rings. The molecule has 0 atom stereocenters. The molecule has 0 aliphatic carbocycles. The van der Waals surface area contributed by atoms with Crippen molar-refractivity contribution in [2.45, 2.75) is 13.0 Å². The smallest absolute Gasteiger partial charge is 0.322 e. The molecule has 1 aromatic heterocycles. The molecular weight excluding hydrogens is 238 g/mol. The van der Waals surface area contributed by atoms with Crippen LogP contribution in [0.2, 0.25) is 0 Å². The summed E-state index contributed by atoms with van der Waals surface area (Å²) in [5, 5.41) is 2.92. The van der Waals surface area contributed by atoms with Gasteiger partial charge in [-0.2, -0.15) is 0 Å². The number of pyridine rings is 1. The van der Waals surface area contributed by atoms with Crippen LogP contribution in [-0.2, 0) is 13.0 Å². The fraction of sp³-hybridized carbons (Fsp3) is 0.200. The summed E-state index contributed by atoms with van der Waals surface area (Å²) in [6, 6.07) is 8.39. The van der Waals surface area contributed by atoms with E-state index in [1.165, 1.54) is 16.7 Å². The van der Waals surface area contributed by atoms with Crippen molar-refractivity contribution in [1.82, 2.24) is 10.3 Å². The molecule has 0 saturated heterocycles. The minimum atomic E-state index is 0.0281. The molecular formula is C15H13N3O. The van der Waals surface area contributed by atoms with Crippen LogP contribution in [0.5, 0.6) is 0 Å². The van der Waals surface area contributed by atoms with Gasteiger partial charge in [0.05, 0.1) is 5.69 Å². The summed E-state index contributed by atoms with van der Waals surface area (Å²) in [5.41, 5.74) is 5.90. The molecule has 0 fully saturated rings. The third-order valence-electron chi connectivity index (χ3n) is 3.81. The summed E-state index contributed by atoms with van der Waals surface area (Å²) in [4.78, 5) is 17.8. The molecule has 2 aliphatic heterocycles. The van der Waals surface area contributed by atoms with Crippen LogP contribution >= 0.6 is 0 Å². The van der Waals surface area contributed by atoms with E-state index in [1.807, 2.05) is 17.2 Å². The lowest BCUT2D eigenvalue weighted by Crippen LogP contribution is -2.42. The number of carbonyl (C=O) groups excluding carboxylic acids is 1. The predicted octanol–water partition coefficient (Wildman–Crippen LogP) is 2.33. The summed E-state index contributed by atoms with van der Waals surface area (Å²) >= 11 is 0.